The van der Waals surface area contributed by atoms with E-state index >= 15 is 0 Å². The molecule has 4 heteroatoms. The van der Waals surface area contributed by atoms with Gasteiger partial charge < -0.3 is 0 Å². The number of rotatable bonds is 2. The molecule has 1 aromatic heterocycles. The van der Waals surface area contributed by atoms with E-state index in [1.54, 1.807) is 23.5 Å². The smallest absolute Gasteiger partial charge is 0.0750 e. The summed E-state index contributed by atoms with van der Waals surface area (Å²) in [5.41, 5.74) is 0. The predicted octanol–water partition coefficient (Wildman–Crippen LogP) is 3.95. The normalized spacial score (nSPS) is 10.3. The molecule has 0 fully saturated rings. The third-order valence-corrected chi connectivity index (χ3v) is 5.51. The van der Waals surface area contributed by atoms with Gasteiger partial charge in [-0.05, 0) is 34.5 Å². The fourth-order valence-electron chi connectivity index (χ4n) is 0.572. The van der Waals surface area contributed by atoms with Crippen LogP contribution in [-0.4, -0.2) is 12.5 Å². The maximum atomic E-state index is 3.49. The van der Waals surface area contributed by atoms with E-state index in [1.807, 2.05) is 11.3 Å². The SMILES string of the molecule is CSc1cc(Br)c(SC)s1. The van der Waals surface area contributed by atoms with Crippen molar-refractivity contribution in [3.05, 3.63) is 10.5 Å². The molecule has 1 rings (SSSR count). The Hall–Kier alpha value is 0.880. The molecule has 0 aliphatic heterocycles. The molecule has 0 saturated heterocycles. The molecule has 1 aromatic rings. The third kappa shape index (κ3) is 1.94. The summed E-state index contributed by atoms with van der Waals surface area (Å²) in [6, 6.07) is 2.17. The number of hydrogen-bond donors (Lipinski definition) is 0. The van der Waals surface area contributed by atoms with E-state index in [9.17, 15) is 0 Å². The molecular weight excluding hydrogens is 248 g/mol. The van der Waals surface area contributed by atoms with E-state index in [0.29, 0.717) is 0 Å². The van der Waals surface area contributed by atoms with Crippen LogP contribution in [-0.2, 0) is 0 Å². The Morgan fingerprint density at radius 3 is 2.40 bits per heavy atom. The predicted molar refractivity (Wildman–Crippen MR) is 55.6 cm³/mol. The van der Waals surface area contributed by atoms with Crippen LogP contribution in [0.3, 0.4) is 0 Å². The molecule has 0 bridgehead atoms. The Bertz CT molecular complexity index is 219. The lowest BCUT2D eigenvalue weighted by Crippen LogP contribution is -1.54. The van der Waals surface area contributed by atoms with Crippen molar-refractivity contribution in [2.24, 2.45) is 0 Å². The van der Waals surface area contributed by atoms with Gasteiger partial charge >= 0.3 is 0 Å². The Morgan fingerprint density at radius 1 is 1.40 bits per heavy atom. The van der Waals surface area contributed by atoms with Crippen molar-refractivity contribution in [2.75, 3.05) is 12.5 Å². The van der Waals surface area contributed by atoms with Crippen LogP contribution in [0, 0.1) is 0 Å². The van der Waals surface area contributed by atoms with Gasteiger partial charge in [-0.1, -0.05) is 0 Å². The molecule has 0 aliphatic rings. The third-order valence-electron chi connectivity index (χ3n) is 1.02. The average molecular weight is 255 g/mol. The van der Waals surface area contributed by atoms with Crippen molar-refractivity contribution >= 4 is 50.8 Å². The second-order valence-electron chi connectivity index (χ2n) is 1.61. The van der Waals surface area contributed by atoms with Crippen molar-refractivity contribution in [3.63, 3.8) is 0 Å². The first-order valence-electron chi connectivity index (χ1n) is 2.65. The van der Waals surface area contributed by atoms with E-state index in [0.717, 1.165) is 0 Å². The largest absolute Gasteiger partial charge is 0.121 e. The first-order chi connectivity index (χ1) is 4.77. The molecule has 0 unspecified atom stereocenters. The van der Waals surface area contributed by atoms with Gasteiger partial charge in [0.05, 0.1) is 8.42 Å². The number of thiophene rings is 1. The summed E-state index contributed by atoms with van der Waals surface area (Å²) >= 11 is 8.92. The standard InChI is InChI=1S/C6H7BrS3/c1-8-5-3-4(7)6(9-2)10-5/h3H,1-2H3. The Balaban J connectivity index is 2.92. The summed E-state index contributed by atoms with van der Waals surface area (Å²) in [6.07, 6.45) is 4.20. The lowest BCUT2D eigenvalue weighted by Gasteiger charge is -1.86. The molecule has 0 radical (unpaired) electrons. The van der Waals surface area contributed by atoms with Gasteiger partial charge in [0.1, 0.15) is 0 Å². The molecule has 56 valence electrons. The van der Waals surface area contributed by atoms with Crippen molar-refractivity contribution in [1.82, 2.24) is 0 Å². The van der Waals surface area contributed by atoms with Gasteiger partial charge in [0.15, 0.2) is 0 Å². The second-order valence-corrected chi connectivity index (χ2v) is 5.70. The summed E-state index contributed by atoms with van der Waals surface area (Å²) in [5, 5.41) is 0. The monoisotopic (exact) mass is 254 g/mol. The molecule has 0 aromatic carbocycles. The zero-order valence-corrected chi connectivity index (χ0v) is 9.72. The van der Waals surface area contributed by atoms with Crippen molar-refractivity contribution in [1.29, 1.82) is 0 Å². The molecule has 0 saturated carbocycles. The van der Waals surface area contributed by atoms with Crippen LogP contribution in [0.5, 0.6) is 0 Å². The molecule has 0 amide bonds. The zero-order chi connectivity index (χ0) is 7.56. The molecule has 0 aliphatic carbocycles. The Kier molecular flexibility index (Phi) is 3.63. The van der Waals surface area contributed by atoms with E-state index in [2.05, 4.69) is 34.5 Å². The molecule has 0 nitrogen and oxygen atoms in total. The van der Waals surface area contributed by atoms with Gasteiger partial charge in [-0.25, -0.2) is 0 Å². The minimum atomic E-state index is 1.23. The molecule has 0 atom stereocenters. The molecule has 1 heterocycles. The molecule has 0 N–H and O–H groups in total. The van der Waals surface area contributed by atoms with Gasteiger partial charge in [0, 0.05) is 4.47 Å². The van der Waals surface area contributed by atoms with Crippen molar-refractivity contribution in [3.8, 4) is 0 Å². The molecule has 0 spiro atoms. The van der Waals surface area contributed by atoms with Gasteiger partial charge in [0.2, 0.25) is 0 Å². The van der Waals surface area contributed by atoms with Crippen LogP contribution < -0.4 is 0 Å². The van der Waals surface area contributed by atoms with Crippen LogP contribution in [0.1, 0.15) is 0 Å². The fraction of sp³-hybridized carbons (Fsp3) is 0.333. The summed E-state index contributed by atoms with van der Waals surface area (Å²) in [5.74, 6) is 0. The quantitative estimate of drug-likeness (QED) is 0.734. The lowest BCUT2D eigenvalue weighted by molar-refractivity contribution is 1.60. The highest BCUT2D eigenvalue weighted by Gasteiger charge is 2.03. The number of hydrogen-bond acceptors (Lipinski definition) is 3. The number of thioether (sulfide) groups is 2. The minimum absolute atomic E-state index is 1.23. The molecule has 10 heavy (non-hydrogen) atoms. The van der Waals surface area contributed by atoms with Crippen molar-refractivity contribution in [2.45, 2.75) is 8.42 Å². The highest BCUT2D eigenvalue weighted by molar-refractivity contribution is 9.10. The van der Waals surface area contributed by atoms with Crippen LogP contribution in [0.2, 0.25) is 0 Å². The first kappa shape index (κ1) is 8.97. The highest BCUT2D eigenvalue weighted by atomic mass is 79.9. The van der Waals surface area contributed by atoms with Crippen molar-refractivity contribution < 1.29 is 0 Å². The van der Waals surface area contributed by atoms with Gasteiger partial charge in [-0.3, -0.25) is 0 Å². The van der Waals surface area contributed by atoms with Crippen LogP contribution in [0.15, 0.2) is 19.0 Å². The summed E-state index contributed by atoms with van der Waals surface area (Å²) in [6.45, 7) is 0. The van der Waals surface area contributed by atoms with E-state index in [-0.39, 0.29) is 0 Å². The maximum absolute atomic E-state index is 3.49. The Morgan fingerprint density at radius 2 is 2.10 bits per heavy atom. The van der Waals surface area contributed by atoms with Gasteiger partial charge in [0.25, 0.3) is 0 Å². The van der Waals surface area contributed by atoms with E-state index in [4.69, 9.17) is 0 Å². The van der Waals surface area contributed by atoms with Gasteiger partial charge in [-0.2, -0.15) is 0 Å². The minimum Gasteiger partial charge on any atom is -0.121 e. The highest BCUT2D eigenvalue weighted by Crippen LogP contribution is 2.38. The lowest BCUT2D eigenvalue weighted by atomic mass is 10.7. The average Bonchev–Trinajstić information content (AvgIpc) is 2.30. The second kappa shape index (κ2) is 4.04. The van der Waals surface area contributed by atoms with E-state index < -0.39 is 0 Å². The van der Waals surface area contributed by atoms with E-state index in [1.165, 1.54) is 12.9 Å². The summed E-state index contributed by atoms with van der Waals surface area (Å²) in [7, 11) is 0. The van der Waals surface area contributed by atoms with Crippen LogP contribution >= 0.6 is 50.8 Å². The topological polar surface area (TPSA) is 0 Å². The first-order valence-corrected chi connectivity index (χ1v) is 6.71. The summed E-state index contributed by atoms with van der Waals surface area (Å²) in [4.78, 5) is 0. The maximum Gasteiger partial charge on any atom is 0.0750 e. The summed E-state index contributed by atoms with van der Waals surface area (Å²) < 4.78 is 3.97. The fourth-order valence-corrected chi connectivity index (χ4v) is 4.18. The zero-order valence-electron chi connectivity index (χ0n) is 5.68. The van der Waals surface area contributed by atoms with Crippen LogP contribution in [0.25, 0.3) is 0 Å². The Labute approximate surface area is 81.9 Å². The van der Waals surface area contributed by atoms with Crippen LogP contribution in [0.4, 0.5) is 0 Å². The number of halogens is 1. The van der Waals surface area contributed by atoms with Gasteiger partial charge in [-0.15, -0.1) is 34.9 Å². The molecular formula is C6H7BrS3.